The molecule has 1 unspecified atom stereocenters. The summed E-state index contributed by atoms with van der Waals surface area (Å²) < 4.78 is 24.9. The second-order valence-electron chi connectivity index (χ2n) is 5.91. The van der Waals surface area contributed by atoms with Gasteiger partial charge in [-0.1, -0.05) is 46.8 Å². The van der Waals surface area contributed by atoms with Gasteiger partial charge in [0.1, 0.15) is 0 Å². The van der Waals surface area contributed by atoms with E-state index in [1.807, 2.05) is 32.9 Å². The summed E-state index contributed by atoms with van der Waals surface area (Å²) in [5.74, 6) is 0.857. The Morgan fingerprint density at radius 3 is 2.00 bits per heavy atom. The van der Waals surface area contributed by atoms with Crippen LogP contribution in [0.4, 0.5) is 0 Å². The fourth-order valence-corrected chi connectivity index (χ4v) is 3.86. The Hall–Kier alpha value is -0.870. The van der Waals surface area contributed by atoms with E-state index in [0.717, 1.165) is 12.1 Å². The standard InChI is InChI=1S/C16H27NO2S/c1-6-17-16(13(4)5)11-20(18,19)15-9-7-14(8-10-15)12(2)3/h7-10,12-13,16-17H,6,11H2,1-5H3. The van der Waals surface area contributed by atoms with Crippen molar-refractivity contribution in [1.82, 2.24) is 5.32 Å². The summed E-state index contributed by atoms with van der Waals surface area (Å²) in [7, 11) is -3.23. The SMILES string of the molecule is CCNC(CS(=O)(=O)c1ccc(C(C)C)cc1)C(C)C. The molecule has 0 aliphatic carbocycles. The molecular weight excluding hydrogens is 270 g/mol. The van der Waals surface area contributed by atoms with Gasteiger partial charge in [-0.15, -0.1) is 0 Å². The number of sulfone groups is 1. The molecule has 3 nitrogen and oxygen atoms in total. The van der Waals surface area contributed by atoms with Gasteiger partial charge in [-0.2, -0.15) is 0 Å². The van der Waals surface area contributed by atoms with E-state index in [9.17, 15) is 8.42 Å². The highest BCUT2D eigenvalue weighted by atomic mass is 32.2. The first-order valence-corrected chi connectivity index (χ1v) is 8.99. The van der Waals surface area contributed by atoms with E-state index in [0.29, 0.717) is 16.7 Å². The molecule has 20 heavy (non-hydrogen) atoms. The van der Waals surface area contributed by atoms with Gasteiger partial charge in [0, 0.05) is 6.04 Å². The van der Waals surface area contributed by atoms with E-state index in [1.165, 1.54) is 0 Å². The van der Waals surface area contributed by atoms with Crippen LogP contribution in [-0.4, -0.2) is 26.8 Å². The molecule has 0 saturated heterocycles. The van der Waals surface area contributed by atoms with Gasteiger partial charge in [-0.05, 0) is 36.1 Å². The molecule has 1 N–H and O–H groups in total. The van der Waals surface area contributed by atoms with Gasteiger partial charge in [-0.3, -0.25) is 0 Å². The van der Waals surface area contributed by atoms with Crippen molar-refractivity contribution in [2.75, 3.05) is 12.3 Å². The van der Waals surface area contributed by atoms with E-state index in [2.05, 4.69) is 19.2 Å². The Balaban J connectivity index is 2.92. The molecule has 0 bridgehead atoms. The average molecular weight is 297 g/mol. The largest absolute Gasteiger partial charge is 0.313 e. The number of hydrogen-bond donors (Lipinski definition) is 1. The van der Waals surface area contributed by atoms with Gasteiger partial charge < -0.3 is 5.32 Å². The lowest BCUT2D eigenvalue weighted by molar-refractivity contribution is 0.435. The molecule has 0 amide bonds. The molecule has 0 aromatic heterocycles. The molecule has 1 aromatic rings. The fourth-order valence-electron chi connectivity index (χ4n) is 2.14. The molecule has 0 fully saturated rings. The van der Waals surface area contributed by atoms with E-state index in [1.54, 1.807) is 12.1 Å². The van der Waals surface area contributed by atoms with Crippen molar-refractivity contribution in [1.29, 1.82) is 0 Å². The summed E-state index contributed by atoms with van der Waals surface area (Å²) in [6, 6.07) is 7.28. The summed E-state index contributed by atoms with van der Waals surface area (Å²) in [6.07, 6.45) is 0. The first-order chi connectivity index (χ1) is 9.27. The topological polar surface area (TPSA) is 46.2 Å². The first kappa shape index (κ1) is 17.2. The van der Waals surface area contributed by atoms with Crippen LogP contribution in [0.15, 0.2) is 29.2 Å². The highest BCUT2D eigenvalue weighted by molar-refractivity contribution is 7.91. The normalized spacial score (nSPS) is 13.9. The molecule has 0 spiro atoms. The summed E-state index contributed by atoms with van der Waals surface area (Å²) in [5, 5.41) is 3.26. The molecule has 4 heteroatoms. The van der Waals surface area contributed by atoms with Gasteiger partial charge in [0.15, 0.2) is 9.84 Å². The van der Waals surface area contributed by atoms with Crippen LogP contribution in [0.3, 0.4) is 0 Å². The van der Waals surface area contributed by atoms with Crippen LogP contribution in [0.1, 0.15) is 46.1 Å². The molecule has 0 heterocycles. The number of benzene rings is 1. The lowest BCUT2D eigenvalue weighted by Gasteiger charge is -2.21. The molecular formula is C16H27NO2S. The third kappa shape index (κ3) is 4.60. The Morgan fingerprint density at radius 2 is 1.60 bits per heavy atom. The lowest BCUT2D eigenvalue weighted by atomic mass is 10.0. The van der Waals surface area contributed by atoms with Gasteiger partial charge in [0.05, 0.1) is 10.6 Å². The van der Waals surface area contributed by atoms with Crippen molar-refractivity contribution < 1.29 is 8.42 Å². The maximum absolute atomic E-state index is 12.5. The first-order valence-electron chi connectivity index (χ1n) is 7.34. The molecule has 1 aromatic carbocycles. The Kier molecular flexibility index (Phi) is 6.21. The second-order valence-corrected chi connectivity index (χ2v) is 7.95. The Labute approximate surface area is 123 Å². The smallest absolute Gasteiger partial charge is 0.179 e. The zero-order valence-electron chi connectivity index (χ0n) is 13.2. The van der Waals surface area contributed by atoms with Crippen LogP contribution >= 0.6 is 0 Å². The van der Waals surface area contributed by atoms with E-state index < -0.39 is 9.84 Å². The van der Waals surface area contributed by atoms with Crippen LogP contribution in [0, 0.1) is 5.92 Å². The monoisotopic (exact) mass is 297 g/mol. The van der Waals surface area contributed by atoms with Crippen LogP contribution in [0.2, 0.25) is 0 Å². The molecule has 0 aliphatic heterocycles. The van der Waals surface area contributed by atoms with Crippen molar-refractivity contribution in [2.24, 2.45) is 5.92 Å². The predicted molar refractivity (Wildman–Crippen MR) is 84.9 cm³/mol. The molecule has 0 saturated carbocycles. The summed E-state index contributed by atoms with van der Waals surface area (Å²) in [5.41, 5.74) is 1.16. The van der Waals surface area contributed by atoms with Crippen LogP contribution in [-0.2, 0) is 9.84 Å². The van der Waals surface area contributed by atoms with Gasteiger partial charge in [-0.25, -0.2) is 8.42 Å². The predicted octanol–water partition coefficient (Wildman–Crippen LogP) is 3.22. The summed E-state index contributed by atoms with van der Waals surface area (Å²) >= 11 is 0. The van der Waals surface area contributed by atoms with Gasteiger partial charge in [0.2, 0.25) is 0 Å². The number of hydrogen-bond acceptors (Lipinski definition) is 3. The highest BCUT2D eigenvalue weighted by Crippen LogP contribution is 2.19. The number of nitrogens with one attached hydrogen (secondary N) is 1. The van der Waals surface area contributed by atoms with Crippen molar-refractivity contribution in [2.45, 2.75) is 51.5 Å². The third-order valence-electron chi connectivity index (χ3n) is 3.58. The molecule has 0 aliphatic rings. The Morgan fingerprint density at radius 1 is 1.05 bits per heavy atom. The van der Waals surface area contributed by atoms with E-state index in [-0.39, 0.29) is 11.8 Å². The second kappa shape index (κ2) is 7.23. The van der Waals surface area contributed by atoms with Crippen molar-refractivity contribution in [3.05, 3.63) is 29.8 Å². The molecule has 1 rings (SSSR count). The van der Waals surface area contributed by atoms with Crippen molar-refractivity contribution in [3.63, 3.8) is 0 Å². The van der Waals surface area contributed by atoms with Crippen LogP contribution < -0.4 is 5.32 Å². The molecule has 0 radical (unpaired) electrons. The zero-order valence-corrected chi connectivity index (χ0v) is 14.0. The quantitative estimate of drug-likeness (QED) is 0.840. The maximum atomic E-state index is 12.5. The summed E-state index contributed by atoms with van der Waals surface area (Å²) in [6.45, 7) is 11.1. The third-order valence-corrected chi connectivity index (χ3v) is 5.36. The number of rotatable bonds is 7. The Bertz CT molecular complexity index is 504. The fraction of sp³-hybridized carbons (Fsp3) is 0.625. The minimum atomic E-state index is -3.23. The molecule has 114 valence electrons. The van der Waals surface area contributed by atoms with Crippen molar-refractivity contribution in [3.8, 4) is 0 Å². The summed E-state index contributed by atoms with van der Waals surface area (Å²) in [4.78, 5) is 0.422. The minimum Gasteiger partial charge on any atom is -0.313 e. The van der Waals surface area contributed by atoms with Crippen LogP contribution in [0.5, 0.6) is 0 Å². The van der Waals surface area contributed by atoms with Gasteiger partial charge >= 0.3 is 0 Å². The minimum absolute atomic E-state index is 0.00484. The lowest BCUT2D eigenvalue weighted by Crippen LogP contribution is -2.39. The average Bonchev–Trinajstić information content (AvgIpc) is 2.38. The van der Waals surface area contributed by atoms with Crippen molar-refractivity contribution >= 4 is 9.84 Å². The maximum Gasteiger partial charge on any atom is 0.179 e. The zero-order chi connectivity index (χ0) is 15.3. The molecule has 1 atom stereocenters. The van der Waals surface area contributed by atoms with E-state index >= 15 is 0 Å². The van der Waals surface area contributed by atoms with E-state index in [4.69, 9.17) is 0 Å². The van der Waals surface area contributed by atoms with Crippen LogP contribution in [0.25, 0.3) is 0 Å². The highest BCUT2D eigenvalue weighted by Gasteiger charge is 2.23. The van der Waals surface area contributed by atoms with Gasteiger partial charge in [0.25, 0.3) is 0 Å².